The van der Waals surface area contributed by atoms with Crippen molar-refractivity contribution in [1.29, 1.82) is 0 Å². The van der Waals surface area contributed by atoms with Crippen LogP contribution >= 0.6 is 12.4 Å². The SMILES string of the molecule is COCCS(=O)(=O)N1CCNCC1c1cccnc1.Cl. The Morgan fingerprint density at radius 1 is 1.55 bits per heavy atom. The second-order valence-corrected chi connectivity index (χ2v) is 6.47. The number of aromatic nitrogens is 1. The molecule has 1 saturated heterocycles. The van der Waals surface area contributed by atoms with Crippen LogP contribution in [0.4, 0.5) is 0 Å². The minimum Gasteiger partial charge on any atom is -0.384 e. The van der Waals surface area contributed by atoms with E-state index in [1.54, 1.807) is 16.7 Å². The highest BCUT2D eigenvalue weighted by molar-refractivity contribution is 7.89. The van der Waals surface area contributed by atoms with E-state index in [4.69, 9.17) is 4.74 Å². The molecule has 1 aliphatic rings. The first-order valence-electron chi connectivity index (χ1n) is 6.24. The van der Waals surface area contributed by atoms with Crippen LogP contribution in [0, 0.1) is 0 Å². The molecule has 6 nitrogen and oxygen atoms in total. The van der Waals surface area contributed by atoms with E-state index in [1.807, 2.05) is 12.1 Å². The summed E-state index contributed by atoms with van der Waals surface area (Å²) >= 11 is 0. The Bertz CT molecular complexity index is 498. The van der Waals surface area contributed by atoms with Gasteiger partial charge in [0.15, 0.2) is 0 Å². The van der Waals surface area contributed by atoms with Crippen molar-refractivity contribution in [2.75, 3.05) is 39.1 Å². The first-order chi connectivity index (χ1) is 9.15. The molecule has 0 saturated carbocycles. The topological polar surface area (TPSA) is 71.5 Å². The van der Waals surface area contributed by atoms with Gasteiger partial charge in [-0.2, -0.15) is 4.31 Å². The molecule has 0 amide bonds. The molecular weight excluding hydrogens is 302 g/mol. The third-order valence-electron chi connectivity index (χ3n) is 3.17. The molecule has 8 heteroatoms. The summed E-state index contributed by atoms with van der Waals surface area (Å²) in [7, 11) is -1.80. The number of hydrogen-bond acceptors (Lipinski definition) is 5. The summed E-state index contributed by atoms with van der Waals surface area (Å²) in [5.41, 5.74) is 0.913. The highest BCUT2D eigenvalue weighted by Gasteiger charge is 2.32. The van der Waals surface area contributed by atoms with E-state index in [9.17, 15) is 8.42 Å². The molecule has 0 spiro atoms. The Labute approximate surface area is 126 Å². The van der Waals surface area contributed by atoms with Gasteiger partial charge in [-0.1, -0.05) is 6.07 Å². The predicted molar refractivity (Wildman–Crippen MR) is 79.5 cm³/mol. The number of halogens is 1. The monoisotopic (exact) mass is 321 g/mol. The van der Waals surface area contributed by atoms with Crippen LogP contribution in [-0.4, -0.2) is 56.8 Å². The van der Waals surface area contributed by atoms with Crippen LogP contribution in [0.25, 0.3) is 0 Å². The zero-order valence-corrected chi connectivity index (χ0v) is 13.0. The van der Waals surface area contributed by atoms with E-state index < -0.39 is 10.0 Å². The van der Waals surface area contributed by atoms with Crippen molar-refractivity contribution in [3.63, 3.8) is 0 Å². The number of nitrogens with zero attached hydrogens (tertiary/aromatic N) is 2. The zero-order chi connectivity index (χ0) is 13.7. The summed E-state index contributed by atoms with van der Waals surface area (Å²) in [6, 6.07) is 3.54. The van der Waals surface area contributed by atoms with Crippen molar-refractivity contribution in [2.24, 2.45) is 0 Å². The van der Waals surface area contributed by atoms with Crippen molar-refractivity contribution in [3.8, 4) is 0 Å². The lowest BCUT2D eigenvalue weighted by Crippen LogP contribution is -2.49. The summed E-state index contributed by atoms with van der Waals surface area (Å²) < 4.78 is 31.1. The Morgan fingerprint density at radius 3 is 3.00 bits per heavy atom. The van der Waals surface area contributed by atoms with Crippen LogP contribution in [0.1, 0.15) is 11.6 Å². The number of methoxy groups -OCH3 is 1. The van der Waals surface area contributed by atoms with Crippen molar-refractivity contribution in [3.05, 3.63) is 30.1 Å². The van der Waals surface area contributed by atoms with Crippen LogP contribution in [-0.2, 0) is 14.8 Å². The summed E-state index contributed by atoms with van der Waals surface area (Å²) in [5, 5.41) is 3.23. The van der Waals surface area contributed by atoms with E-state index in [2.05, 4.69) is 10.3 Å². The zero-order valence-electron chi connectivity index (χ0n) is 11.4. The molecule has 0 aliphatic carbocycles. The van der Waals surface area contributed by atoms with Gasteiger partial charge < -0.3 is 10.1 Å². The maximum absolute atomic E-state index is 12.3. The van der Waals surface area contributed by atoms with Gasteiger partial charge in [-0.05, 0) is 11.6 Å². The number of ether oxygens (including phenoxy) is 1. The van der Waals surface area contributed by atoms with Gasteiger partial charge >= 0.3 is 0 Å². The minimum atomic E-state index is -3.30. The van der Waals surface area contributed by atoms with Gasteiger partial charge in [-0.25, -0.2) is 8.42 Å². The average molecular weight is 322 g/mol. The smallest absolute Gasteiger partial charge is 0.217 e. The Kier molecular flexibility index (Phi) is 6.84. The summed E-state index contributed by atoms with van der Waals surface area (Å²) in [4.78, 5) is 4.06. The highest BCUT2D eigenvalue weighted by atomic mass is 35.5. The van der Waals surface area contributed by atoms with Gasteiger partial charge in [0.1, 0.15) is 0 Å². The molecule has 1 unspecified atom stereocenters. The molecule has 1 aromatic heterocycles. The third-order valence-corrected chi connectivity index (χ3v) is 5.00. The molecule has 0 radical (unpaired) electrons. The maximum Gasteiger partial charge on any atom is 0.217 e. The lowest BCUT2D eigenvalue weighted by atomic mass is 10.1. The van der Waals surface area contributed by atoms with Gasteiger partial charge in [0.05, 0.1) is 18.4 Å². The average Bonchev–Trinajstić information content (AvgIpc) is 2.46. The molecule has 1 aromatic rings. The second kappa shape index (κ2) is 7.90. The fraction of sp³-hybridized carbons (Fsp3) is 0.583. The third kappa shape index (κ3) is 4.13. The molecule has 2 rings (SSSR count). The summed E-state index contributed by atoms with van der Waals surface area (Å²) in [6.07, 6.45) is 3.40. The Morgan fingerprint density at radius 2 is 2.35 bits per heavy atom. The number of rotatable bonds is 5. The fourth-order valence-corrected chi connectivity index (χ4v) is 3.75. The van der Waals surface area contributed by atoms with Crippen LogP contribution in [0.5, 0.6) is 0 Å². The maximum atomic E-state index is 12.3. The van der Waals surface area contributed by atoms with E-state index in [-0.39, 0.29) is 30.8 Å². The molecule has 0 aromatic carbocycles. The molecule has 0 bridgehead atoms. The molecule has 1 atom stereocenters. The minimum absolute atomic E-state index is 0. The van der Waals surface area contributed by atoms with Crippen LogP contribution < -0.4 is 5.32 Å². The molecule has 1 aliphatic heterocycles. The van der Waals surface area contributed by atoms with Crippen molar-refractivity contribution < 1.29 is 13.2 Å². The van der Waals surface area contributed by atoms with Gasteiger partial charge in [-0.15, -0.1) is 12.4 Å². The number of pyridine rings is 1. The van der Waals surface area contributed by atoms with E-state index in [0.717, 1.165) is 5.56 Å². The van der Waals surface area contributed by atoms with Crippen LogP contribution in [0.3, 0.4) is 0 Å². The largest absolute Gasteiger partial charge is 0.384 e. The van der Waals surface area contributed by atoms with Crippen LogP contribution in [0.2, 0.25) is 0 Å². The fourth-order valence-electron chi connectivity index (χ4n) is 2.18. The molecule has 1 fully saturated rings. The van der Waals surface area contributed by atoms with Gasteiger partial charge in [0.25, 0.3) is 0 Å². The van der Waals surface area contributed by atoms with E-state index in [1.165, 1.54) is 7.11 Å². The number of nitrogens with one attached hydrogen (secondary N) is 1. The quantitative estimate of drug-likeness (QED) is 0.851. The molecule has 114 valence electrons. The van der Waals surface area contributed by atoms with E-state index in [0.29, 0.717) is 19.6 Å². The molecule has 2 heterocycles. The summed E-state index contributed by atoms with van der Waals surface area (Å²) in [5.74, 6) is 0.0141. The highest BCUT2D eigenvalue weighted by Crippen LogP contribution is 2.24. The molecule has 1 N–H and O–H groups in total. The Balaban J connectivity index is 0.00000200. The Hall–Kier alpha value is -0.730. The normalized spacial score (nSPS) is 20.4. The van der Waals surface area contributed by atoms with Crippen molar-refractivity contribution in [2.45, 2.75) is 6.04 Å². The standard InChI is InChI=1S/C12H19N3O3S.ClH/c1-18-7-8-19(16,17)15-6-5-14-10-12(15)11-3-2-4-13-9-11;/h2-4,9,12,14H,5-8,10H2,1H3;1H. The van der Waals surface area contributed by atoms with Gasteiger partial charge in [-0.3, -0.25) is 4.98 Å². The molecular formula is C12H20ClN3O3S. The number of sulfonamides is 1. The summed E-state index contributed by atoms with van der Waals surface area (Å²) in [6.45, 7) is 1.97. The van der Waals surface area contributed by atoms with Gasteiger partial charge in [0.2, 0.25) is 10.0 Å². The lowest BCUT2D eigenvalue weighted by molar-refractivity contribution is 0.212. The van der Waals surface area contributed by atoms with Gasteiger partial charge in [0, 0.05) is 39.1 Å². The molecule has 20 heavy (non-hydrogen) atoms. The van der Waals surface area contributed by atoms with Crippen molar-refractivity contribution in [1.82, 2.24) is 14.6 Å². The van der Waals surface area contributed by atoms with E-state index >= 15 is 0 Å². The van der Waals surface area contributed by atoms with Crippen LogP contribution in [0.15, 0.2) is 24.5 Å². The second-order valence-electron chi connectivity index (χ2n) is 4.43. The lowest BCUT2D eigenvalue weighted by Gasteiger charge is -2.35. The van der Waals surface area contributed by atoms with Crippen molar-refractivity contribution >= 4 is 22.4 Å². The number of hydrogen-bond donors (Lipinski definition) is 1. The first-order valence-corrected chi connectivity index (χ1v) is 7.85. The number of piperazine rings is 1. The first kappa shape index (κ1) is 17.3. The predicted octanol–water partition coefficient (Wildman–Crippen LogP) is 0.426.